The first kappa shape index (κ1) is 12.6. The zero-order chi connectivity index (χ0) is 12.4. The Labute approximate surface area is 108 Å². The van der Waals surface area contributed by atoms with Gasteiger partial charge in [-0.15, -0.1) is 0 Å². The van der Waals surface area contributed by atoms with E-state index in [2.05, 4.69) is 29.1 Å². The van der Waals surface area contributed by atoms with Crippen LogP contribution in [0.1, 0.15) is 38.7 Å². The quantitative estimate of drug-likeness (QED) is 0.818. The third kappa shape index (κ3) is 3.09. The zero-order valence-electron chi connectivity index (χ0n) is 10.7. The first-order valence-corrected chi connectivity index (χ1v) is 6.67. The molecule has 1 saturated carbocycles. The number of hydrogen-bond acceptors (Lipinski definition) is 3. The average molecular weight is 254 g/mol. The van der Waals surface area contributed by atoms with Gasteiger partial charge in [-0.1, -0.05) is 25.4 Å². The van der Waals surface area contributed by atoms with Crippen LogP contribution in [-0.2, 0) is 0 Å². The van der Waals surface area contributed by atoms with E-state index < -0.39 is 0 Å². The van der Waals surface area contributed by atoms with E-state index in [1.54, 1.807) is 0 Å². The second kappa shape index (κ2) is 5.21. The smallest absolute Gasteiger partial charge is 0.137 e. The minimum absolute atomic E-state index is 0.512. The molecule has 1 aliphatic rings. The van der Waals surface area contributed by atoms with Crippen molar-refractivity contribution in [3.63, 3.8) is 0 Å². The fraction of sp³-hybridized carbons (Fsp3) is 0.692. The minimum atomic E-state index is 0.512. The maximum atomic E-state index is 6.00. The van der Waals surface area contributed by atoms with E-state index in [1.165, 1.54) is 25.6 Å². The zero-order valence-corrected chi connectivity index (χ0v) is 11.5. The van der Waals surface area contributed by atoms with Crippen LogP contribution in [0, 0.1) is 18.8 Å². The molecule has 0 spiro atoms. The molecule has 17 heavy (non-hydrogen) atoms. The van der Waals surface area contributed by atoms with E-state index in [-0.39, 0.29) is 0 Å². The second-order valence-electron chi connectivity index (χ2n) is 5.40. The topological polar surface area (TPSA) is 37.8 Å². The fourth-order valence-electron chi connectivity index (χ4n) is 2.83. The lowest BCUT2D eigenvalue weighted by Crippen LogP contribution is -2.30. The van der Waals surface area contributed by atoms with E-state index in [0.717, 1.165) is 23.2 Å². The van der Waals surface area contributed by atoms with Crippen molar-refractivity contribution < 1.29 is 0 Å². The summed E-state index contributed by atoms with van der Waals surface area (Å²) in [6.07, 6.45) is 5.28. The third-order valence-corrected chi connectivity index (χ3v) is 3.92. The van der Waals surface area contributed by atoms with Gasteiger partial charge >= 0.3 is 0 Å². The molecule has 0 saturated heterocycles. The number of nitrogens with zero attached hydrogens (tertiary/aromatic N) is 2. The highest BCUT2D eigenvalue weighted by atomic mass is 35.5. The van der Waals surface area contributed by atoms with Crippen LogP contribution in [0.2, 0.25) is 5.15 Å². The first-order chi connectivity index (χ1) is 8.06. The fourth-order valence-corrected chi connectivity index (χ4v) is 2.97. The number of hydrogen-bond donors (Lipinski definition) is 1. The Bertz CT molecular complexity index is 384. The highest BCUT2D eigenvalue weighted by molar-refractivity contribution is 6.30. The van der Waals surface area contributed by atoms with E-state index >= 15 is 0 Å². The summed E-state index contributed by atoms with van der Waals surface area (Å²) in [5.74, 6) is 2.46. The van der Waals surface area contributed by atoms with E-state index in [0.29, 0.717) is 11.2 Å². The summed E-state index contributed by atoms with van der Waals surface area (Å²) in [5.41, 5.74) is 0.944. The largest absolute Gasteiger partial charge is 0.367 e. The van der Waals surface area contributed by atoms with Crippen molar-refractivity contribution >= 4 is 17.4 Å². The summed E-state index contributed by atoms with van der Waals surface area (Å²) in [5, 5.41) is 4.06. The van der Waals surface area contributed by atoms with Crippen molar-refractivity contribution in [3.8, 4) is 0 Å². The maximum Gasteiger partial charge on any atom is 0.137 e. The Hall–Kier alpha value is -0.830. The lowest BCUT2D eigenvalue weighted by molar-refractivity contribution is 0.280. The average Bonchev–Trinajstić information content (AvgIpc) is 2.23. The van der Waals surface area contributed by atoms with Gasteiger partial charge in [0.25, 0.3) is 0 Å². The highest BCUT2D eigenvalue weighted by Crippen LogP contribution is 2.31. The Morgan fingerprint density at radius 3 is 2.47 bits per heavy atom. The Morgan fingerprint density at radius 2 is 1.82 bits per heavy atom. The number of nitrogens with one attached hydrogen (secondary N) is 1. The summed E-state index contributed by atoms with van der Waals surface area (Å²) in [7, 11) is 0. The molecule has 1 fully saturated rings. The predicted octanol–water partition coefficient (Wildman–Crippen LogP) is 3.68. The molecule has 1 aromatic rings. The van der Waals surface area contributed by atoms with Gasteiger partial charge in [0, 0.05) is 11.6 Å². The molecule has 2 rings (SSSR count). The number of aromatic nitrogens is 2. The normalized spacial score (nSPS) is 29.1. The molecule has 2 atom stereocenters. The van der Waals surface area contributed by atoms with Gasteiger partial charge in [0.2, 0.25) is 0 Å². The van der Waals surface area contributed by atoms with E-state index in [1.807, 2.05) is 6.92 Å². The number of halogens is 1. The molecule has 2 unspecified atom stereocenters. The molecule has 0 aromatic carbocycles. The molecule has 1 N–H and O–H groups in total. The van der Waals surface area contributed by atoms with Gasteiger partial charge in [0.05, 0.1) is 0 Å². The van der Waals surface area contributed by atoms with Crippen molar-refractivity contribution in [1.82, 2.24) is 9.97 Å². The lowest BCUT2D eigenvalue weighted by Gasteiger charge is -2.32. The van der Waals surface area contributed by atoms with Gasteiger partial charge in [-0.3, -0.25) is 0 Å². The standard InChI is InChI=1S/C13H20ClN3/c1-8-4-9(2)6-11(5-8)17-13-10(3)12(14)15-7-16-13/h7-9,11H,4-6H2,1-3H3,(H,15,16,17). The monoisotopic (exact) mass is 253 g/mol. The SMILES string of the molecule is Cc1c(Cl)ncnc1NC1CC(C)CC(C)C1. The van der Waals surface area contributed by atoms with Crippen molar-refractivity contribution in [1.29, 1.82) is 0 Å². The Balaban J connectivity index is 2.07. The van der Waals surface area contributed by atoms with Crippen LogP contribution in [-0.4, -0.2) is 16.0 Å². The Morgan fingerprint density at radius 1 is 1.18 bits per heavy atom. The summed E-state index contributed by atoms with van der Waals surface area (Å²) in [6.45, 7) is 6.61. The molecule has 3 nitrogen and oxygen atoms in total. The molecular weight excluding hydrogens is 234 g/mol. The van der Waals surface area contributed by atoms with Gasteiger partial charge in [0.15, 0.2) is 0 Å². The maximum absolute atomic E-state index is 6.00. The molecule has 1 aromatic heterocycles. The van der Waals surface area contributed by atoms with Crippen molar-refractivity contribution in [3.05, 3.63) is 17.0 Å². The molecule has 0 bridgehead atoms. The van der Waals surface area contributed by atoms with Crippen LogP contribution in [0.25, 0.3) is 0 Å². The molecular formula is C13H20ClN3. The van der Waals surface area contributed by atoms with Crippen molar-refractivity contribution in [2.45, 2.75) is 46.1 Å². The third-order valence-electron chi connectivity index (χ3n) is 3.54. The van der Waals surface area contributed by atoms with E-state index in [4.69, 9.17) is 11.6 Å². The van der Waals surface area contributed by atoms with Crippen LogP contribution in [0.3, 0.4) is 0 Å². The summed E-state index contributed by atoms with van der Waals surface area (Å²) < 4.78 is 0. The van der Waals surface area contributed by atoms with Crippen molar-refractivity contribution in [2.75, 3.05) is 5.32 Å². The van der Waals surface area contributed by atoms with Crippen molar-refractivity contribution in [2.24, 2.45) is 11.8 Å². The molecule has 0 aliphatic heterocycles. The van der Waals surface area contributed by atoms with Crippen LogP contribution >= 0.6 is 11.6 Å². The predicted molar refractivity (Wildman–Crippen MR) is 71.4 cm³/mol. The lowest BCUT2D eigenvalue weighted by atomic mass is 9.80. The summed E-state index contributed by atoms with van der Waals surface area (Å²) in [4.78, 5) is 8.25. The van der Waals surface area contributed by atoms with Crippen LogP contribution < -0.4 is 5.32 Å². The summed E-state index contributed by atoms with van der Waals surface area (Å²) >= 11 is 6.00. The molecule has 0 amide bonds. The Kier molecular flexibility index (Phi) is 3.87. The number of anilines is 1. The molecule has 4 heteroatoms. The second-order valence-corrected chi connectivity index (χ2v) is 5.75. The molecule has 94 valence electrons. The van der Waals surface area contributed by atoms with Gasteiger partial charge in [-0.05, 0) is 38.0 Å². The molecule has 1 heterocycles. The number of rotatable bonds is 2. The first-order valence-electron chi connectivity index (χ1n) is 6.30. The van der Waals surface area contributed by atoms with Gasteiger partial charge in [0.1, 0.15) is 17.3 Å². The summed E-state index contributed by atoms with van der Waals surface area (Å²) in [6, 6.07) is 0.512. The van der Waals surface area contributed by atoms with Gasteiger partial charge in [-0.25, -0.2) is 9.97 Å². The minimum Gasteiger partial charge on any atom is -0.367 e. The highest BCUT2D eigenvalue weighted by Gasteiger charge is 2.24. The van der Waals surface area contributed by atoms with Crippen LogP contribution in [0.4, 0.5) is 5.82 Å². The molecule has 0 radical (unpaired) electrons. The van der Waals surface area contributed by atoms with Gasteiger partial charge < -0.3 is 5.32 Å². The van der Waals surface area contributed by atoms with Crippen LogP contribution in [0.15, 0.2) is 6.33 Å². The molecule has 1 aliphatic carbocycles. The van der Waals surface area contributed by atoms with E-state index in [9.17, 15) is 0 Å². The van der Waals surface area contributed by atoms with Gasteiger partial charge in [-0.2, -0.15) is 0 Å². The van der Waals surface area contributed by atoms with Crippen LogP contribution in [0.5, 0.6) is 0 Å².